The van der Waals surface area contributed by atoms with Crippen molar-refractivity contribution in [2.75, 3.05) is 33.2 Å². The maximum Gasteiger partial charge on any atom is 0.0113 e. The molecule has 14 heavy (non-hydrogen) atoms. The van der Waals surface area contributed by atoms with Crippen LogP contribution in [0, 0.1) is 13.8 Å². The first kappa shape index (κ1) is 15.0. The van der Waals surface area contributed by atoms with Gasteiger partial charge in [0.15, 0.2) is 0 Å². The number of hydrogen-bond donors (Lipinski definition) is 0. The summed E-state index contributed by atoms with van der Waals surface area (Å²) in [5.41, 5.74) is 0.223. The van der Waals surface area contributed by atoms with E-state index in [1.54, 1.807) is 0 Å². The molecule has 0 N–H and O–H groups in total. The van der Waals surface area contributed by atoms with Gasteiger partial charge in [-0.25, -0.2) is 0 Å². The van der Waals surface area contributed by atoms with Crippen LogP contribution < -0.4 is 0 Å². The third kappa shape index (κ3) is 3.55. The van der Waals surface area contributed by atoms with Crippen molar-refractivity contribution in [2.45, 2.75) is 25.3 Å². The summed E-state index contributed by atoms with van der Waals surface area (Å²) in [6, 6.07) is 0. The van der Waals surface area contributed by atoms with Gasteiger partial charge >= 0.3 is 0 Å². The molecule has 0 spiro atoms. The van der Waals surface area contributed by atoms with Gasteiger partial charge in [-0.05, 0) is 12.6 Å². The summed E-state index contributed by atoms with van der Waals surface area (Å²) >= 11 is 0. The van der Waals surface area contributed by atoms with Gasteiger partial charge in [0.2, 0.25) is 0 Å². The Morgan fingerprint density at radius 1 is 1.07 bits per heavy atom. The van der Waals surface area contributed by atoms with Gasteiger partial charge in [-0.1, -0.05) is 6.92 Å². The van der Waals surface area contributed by atoms with Gasteiger partial charge in [-0.2, -0.15) is 12.8 Å². The average molecular weight is 271 g/mol. The zero-order valence-electron chi connectivity index (χ0n) is 9.63. The second-order valence-electron chi connectivity index (χ2n) is 4.29. The van der Waals surface area contributed by atoms with Crippen molar-refractivity contribution >= 4 is 0 Å². The van der Waals surface area contributed by atoms with E-state index in [9.17, 15) is 0 Å². The van der Waals surface area contributed by atoms with Crippen molar-refractivity contribution in [1.82, 2.24) is 9.80 Å². The molecule has 0 aliphatic carbocycles. The quantitative estimate of drug-likeness (QED) is 0.717. The van der Waals surface area contributed by atoms with Gasteiger partial charge in [-0.3, -0.25) is 0 Å². The maximum atomic E-state index is 4.03. The minimum Gasteiger partial charge on any atom is -0.342 e. The smallest absolute Gasteiger partial charge is 0.0113 e. The second-order valence-corrected chi connectivity index (χ2v) is 4.29. The van der Waals surface area contributed by atoms with E-state index in [4.69, 9.17) is 0 Å². The Labute approximate surface area is 114 Å². The van der Waals surface area contributed by atoms with E-state index >= 15 is 0 Å². The van der Waals surface area contributed by atoms with Gasteiger partial charge in [0.25, 0.3) is 0 Å². The molecule has 1 aliphatic rings. The van der Waals surface area contributed by atoms with Crippen LogP contribution in [0.5, 0.6) is 0 Å². The van der Waals surface area contributed by atoms with E-state index in [1.165, 1.54) is 13.1 Å². The Kier molecular flexibility index (Phi) is 7.05. The summed E-state index contributed by atoms with van der Waals surface area (Å²) in [5.74, 6) is 0. The minimum atomic E-state index is 0. The Bertz CT molecular complexity index is 149. The third-order valence-corrected chi connectivity index (χ3v) is 3.34. The topological polar surface area (TPSA) is 6.48 Å². The number of rotatable bonds is 3. The SMILES string of the molecule is [CH2-]CC(C)(C[CH2-])N1CCN(C)CC1.[Y]. The molecule has 0 aromatic heterocycles. The van der Waals surface area contributed by atoms with Crippen molar-refractivity contribution < 1.29 is 32.7 Å². The maximum absolute atomic E-state index is 4.03. The first-order valence-electron chi connectivity index (χ1n) is 5.14. The van der Waals surface area contributed by atoms with Crippen LogP contribution >= 0.6 is 0 Å². The molecular weight excluding hydrogens is 249 g/mol. The van der Waals surface area contributed by atoms with Crippen LogP contribution in [0.15, 0.2) is 0 Å². The van der Waals surface area contributed by atoms with Crippen LogP contribution in [0.25, 0.3) is 0 Å². The zero-order chi connectivity index (χ0) is 9.90. The van der Waals surface area contributed by atoms with Crippen LogP contribution in [0.2, 0.25) is 0 Å². The van der Waals surface area contributed by atoms with E-state index in [0.717, 1.165) is 25.9 Å². The molecular formula is C11H22N2Y-2. The van der Waals surface area contributed by atoms with E-state index in [1.807, 2.05) is 0 Å². The van der Waals surface area contributed by atoms with Gasteiger partial charge in [0.05, 0.1) is 0 Å². The van der Waals surface area contributed by atoms with Crippen LogP contribution in [0.1, 0.15) is 19.8 Å². The predicted molar refractivity (Wildman–Crippen MR) is 57.4 cm³/mol. The van der Waals surface area contributed by atoms with Gasteiger partial charge in [-0.15, -0.1) is 0 Å². The third-order valence-electron chi connectivity index (χ3n) is 3.34. The van der Waals surface area contributed by atoms with Crippen LogP contribution in [0.3, 0.4) is 0 Å². The molecule has 0 aromatic carbocycles. The Hall–Kier alpha value is 1.02. The van der Waals surface area contributed by atoms with E-state index in [-0.39, 0.29) is 38.2 Å². The molecule has 3 heteroatoms. The van der Waals surface area contributed by atoms with E-state index < -0.39 is 0 Å². The van der Waals surface area contributed by atoms with Crippen molar-refractivity contribution in [3.63, 3.8) is 0 Å². The van der Waals surface area contributed by atoms with E-state index in [2.05, 4.69) is 37.6 Å². The molecule has 1 saturated heterocycles. The molecule has 2 nitrogen and oxygen atoms in total. The van der Waals surface area contributed by atoms with Gasteiger partial charge in [0.1, 0.15) is 0 Å². The first-order valence-corrected chi connectivity index (χ1v) is 5.14. The molecule has 0 bridgehead atoms. The Morgan fingerprint density at radius 3 is 1.86 bits per heavy atom. The number of likely N-dealkylation sites (N-methyl/N-ethyl adjacent to an activating group) is 1. The summed E-state index contributed by atoms with van der Waals surface area (Å²) in [7, 11) is 2.18. The number of piperazine rings is 1. The fourth-order valence-electron chi connectivity index (χ4n) is 1.79. The first-order chi connectivity index (χ1) is 6.12. The predicted octanol–water partition coefficient (Wildman–Crippen LogP) is 1.44. The van der Waals surface area contributed by atoms with Crippen LogP contribution in [-0.4, -0.2) is 48.6 Å². The molecule has 81 valence electrons. The summed E-state index contributed by atoms with van der Waals surface area (Å²) in [6.07, 6.45) is 1.92. The molecule has 0 atom stereocenters. The number of hydrogen-bond acceptors (Lipinski definition) is 2. The summed E-state index contributed by atoms with van der Waals surface area (Å²) in [5, 5.41) is 0. The van der Waals surface area contributed by atoms with Crippen LogP contribution in [-0.2, 0) is 32.7 Å². The largest absolute Gasteiger partial charge is 0.342 e. The summed E-state index contributed by atoms with van der Waals surface area (Å²) in [6.45, 7) is 15.0. The van der Waals surface area contributed by atoms with Crippen molar-refractivity contribution in [2.24, 2.45) is 0 Å². The Morgan fingerprint density at radius 2 is 1.50 bits per heavy atom. The molecule has 1 heterocycles. The molecule has 1 radical (unpaired) electrons. The normalized spacial score (nSPS) is 20.6. The fraction of sp³-hybridized carbons (Fsp3) is 0.818. The monoisotopic (exact) mass is 271 g/mol. The standard InChI is InChI=1S/C11H22N2.Y/c1-5-11(3,6-2)13-9-7-12(4)8-10-13;/h1-2,5-10H2,3-4H3;/q-2;. The van der Waals surface area contributed by atoms with Crippen molar-refractivity contribution in [1.29, 1.82) is 0 Å². The van der Waals surface area contributed by atoms with Crippen LogP contribution in [0.4, 0.5) is 0 Å². The zero-order valence-corrected chi connectivity index (χ0v) is 12.5. The van der Waals surface area contributed by atoms with E-state index in [0.29, 0.717) is 0 Å². The molecule has 1 rings (SSSR count). The molecule has 0 aromatic rings. The fourth-order valence-corrected chi connectivity index (χ4v) is 1.79. The summed E-state index contributed by atoms with van der Waals surface area (Å²) < 4.78 is 0. The number of nitrogens with zero attached hydrogens (tertiary/aromatic N) is 2. The minimum absolute atomic E-state index is 0. The average Bonchev–Trinajstić information content (AvgIpc) is 2.18. The van der Waals surface area contributed by atoms with Gasteiger partial charge < -0.3 is 23.6 Å². The molecule has 0 amide bonds. The van der Waals surface area contributed by atoms with Gasteiger partial charge in [0, 0.05) is 58.9 Å². The molecule has 0 unspecified atom stereocenters. The second kappa shape index (κ2) is 6.57. The van der Waals surface area contributed by atoms with Crippen molar-refractivity contribution in [3.8, 4) is 0 Å². The van der Waals surface area contributed by atoms with Crippen molar-refractivity contribution in [3.05, 3.63) is 13.8 Å². The molecule has 1 aliphatic heterocycles. The Balaban J connectivity index is 0.00000169. The summed E-state index contributed by atoms with van der Waals surface area (Å²) in [4.78, 5) is 4.91. The molecule has 0 saturated carbocycles. The molecule has 1 fully saturated rings.